The van der Waals surface area contributed by atoms with Crippen molar-refractivity contribution in [2.24, 2.45) is 0 Å². The molecular weight excluding hydrogens is 877 g/mol. The Morgan fingerprint density at radius 1 is 0.296 bits per heavy atom. The Labute approximate surface area is 440 Å². The lowest BCUT2D eigenvalue weighted by Gasteiger charge is -2.18. The van der Waals surface area contributed by atoms with Crippen LogP contribution < -0.4 is 0 Å². The second kappa shape index (κ2) is 59.4. The van der Waals surface area contributed by atoms with Crippen LogP contribution in [0.3, 0.4) is 0 Å². The van der Waals surface area contributed by atoms with Gasteiger partial charge in [-0.05, 0) is 89.9 Å². The molecule has 6 nitrogen and oxygen atoms in total. The van der Waals surface area contributed by atoms with Gasteiger partial charge < -0.3 is 14.2 Å². The fourth-order valence-corrected chi connectivity index (χ4v) is 8.64. The highest BCUT2D eigenvalue weighted by molar-refractivity contribution is 5.71. The van der Waals surface area contributed by atoms with Crippen LogP contribution in [-0.2, 0) is 28.6 Å². The van der Waals surface area contributed by atoms with Crippen LogP contribution in [0.2, 0.25) is 0 Å². The van der Waals surface area contributed by atoms with Crippen molar-refractivity contribution in [3.63, 3.8) is 0 Å². The average Bonchev–Trinajstić information content (AvgIpc) is 3.37. The molecule has 0 rings (SSSR count). The van der Waals surface area contributed by atoms with Gasteiger partial charge in [-0.3, -0.25) is 14.4 Å². The molecule has 0 aliphatic heterocycles. The molecule has 1 unspecified atom stereocenters. The summed E-state index contributed by atoms with van der Waals surface area (Å²) in [5.41, 5.74) is 0. The zero-order valence-corrected chi connectivity index (χ0v) is 47.0. The maximum absolute atomic E-state index is 12.8. The second-order valence-corrected chi connectivity index (χ2v) is 20.2. The summed E-state index contributed by atoms with van der Waals surface area (Å²) >= 11 is 0. The largest absolute Gasteiger partial charge is 0.462 e. The van der Waals surface area contributed by atoms with E-state index in [1.54, 1.807) is 0 Å². The molecule has 0 amide bonds. The van der Waals surface area contributed by atoms with Crippen molar-refractivity contribution in [2.45, 2.75) is 309 Å². The molecule has 0 aliphatic rings. The lowest BCUT2D eigenvalue weighted by atomic mass is 10.0. The number of allylic oxidation sites excluding steroid dienone is 12. The van der Waals surface area contributed by atoms with Crippen molar-refractivity contribution >= 4 is 17.9 Å². The Kier molecular flexibility index (Phi) is 56.8. The van der Waals surface area contributed by atoms with Gasteiger partial charge in [-0.25, -0.2) is 0 Å². The summed E-state index contributed by atoms with van der Waals surface area (Å²) in [7, 11) is 0. The molecule has 410 valence electrons. The summed E-state index contributed by atoms with van der Waals surface area (Å²) in [6.07, 6.45) is 76.8. The van der Waals surface area contributed by atoms with Crippen molar-refractivity contribution in [1.82, 2.24) is 0 Å². The van der Waals surface area contributed by atoms with Crippen molar-refractivity contribution in [3.8, 4) is 0 Å². The zero-order chi connectivity index (χ0) is 51.4. The van der Waals surface area contributed by atoms with E-state index in [1.165, 1.54) is 154 Å². The van der Waals surface area contributed by atoms with E-state index in [2.05, 4.69) is 93.7 Å². The van der Waals surface area contributed by atoms with Gasteiger partial charge in [-0.15, -0.1) is 0 Å². The van der Waals surface area contributed by atoms with Gasteiger partial charge in [0.25, 0.3) is 0 Å². The minimum absolute atomic E-state index is 0.0833. The SMILES string of the molecule is CC/C=C\C/C=C\C/C=C\C/C=C\CCCCCCC(=O)OC(COC(=O)CCCCCCC)COC(=O)CCCCCCCCCCCCCCCCCCCCC/C=C\C/C=C\CCCCCCC. The number of carbonyl (C=O) groups is 3. The summed E-state index contributed by atoms with van der Waals surface area (Å²) in [5.74, 6) is -0.913. The van der Waals surface area contributed by atoms with Crippen molar-refractivity contribution in [2.75, 3.05) is 13.2 Å². The van der Waals surface area contributed by atoms with Gasteiger partial charge in [0.05, 0.1) is 0 Å². The first-order valence-electron chi connectivity index (χ1n) is 30.4. The van der Waals surface area contributed by atoms with Crippen molar-refractivity contribution in [3.05, 3.63) is 72.9 Å². The average molecular weight is 992 g/mol. The maximum Gasteiger partial charge on any atom is 0.306 e. The van der Waals surface area contributed by atoms with Gasteiger partial charge >= 0.3 is 17.9 Å². The molecule has 0 N–H and O–H groups in total. The lowest BCUT2D eigenvalue weighted by molar-refractivity contribution is -0.167. The van der Waals surface area contributed by atoms with E-state index < -0.39 is 6.10 Å². The number of rotatable bonds is 55. The lowest BCUT2D eigenvalue weighted by Crippen LogP contribution is -2.30. The molecule has 0 aromatic heterocycles. The number of carbonyl (C=O) groups excluding carboxylic acids is 3. The van der Waals surface area contributed by atoms with E-state index in [0.717, 1.165) is 109 Å². The van der Waals surface area contributed by atoms with Crippen LogP contribution in [0, 0.1) is 0 Å². The minimum Gasteiger partial charge on any atom is -0.462 e. The smallest absolute Gasteiger partial charge is 0.306 e. The Morgan fingerprint density at radius 2 is 0.549 bits per heavy atom. The van der Waals surface area contributed by atoms with E-state index in [-0.39, 0.29) is 31.1 Å². The van der Waals surface area contributed by atoms with Gasteiger partial charge in [0, 0.05) is 19.3 Å². The molecule has 0 aromatic carbocycles. The highest BCUT2D eigenvalue weighted by Gasteiger charge is 2.19. The number of unbranched alkanes of at least 4 members (excludes halogenated alkanes) is 32. The highest BCUT2D eigenvalue weighted by Crippen LogP contribution is 2.17. The molecule has 1 atom stereocenters. The number of ether oxygens (including phenoxy) is 3. The van der Waals surface area contributed by atoms with Crippen LogP contribution in [0.1, 0.15) is 303 Å². The van der Waals surface area contributed by atoms with Crippen LogP contribution in [0.15, 0.2) is 72.9 Å². The normalized spacial score (nSPS) is 12.5. The number of hydrogen-bond donors (Lipinski definition) is 0. The van der Waals surface area contributed by atoms with Gasteiger partial charge in [0.15, 0.2) is 6.10 Å². The molecule has 0 radical (unpaired) electrons. The van der Waals surface area contributed by atoms with E-state index in [1.807, 2.05) is 0 Å². The number of esters is 3. The third-order valence-corrected chi connectivity index (χ3v) is 13.2. The minimum atomic E-state index is -0.783. The molecule has 0 bridgehead atoms. The van der Waals surface area contributed by atoms with Gasteiger partial charge in [0.1, 0.15) is 13.2 Å². The van der Waals surface area contributed by atoms with E-state index >= 15 is 0 Å². The second-order valence-electron chi connectivity index (χ2n) is 20.2. The third kappa shape index (κ3) is 57.6. The highest BCUT2D eigenvalue weighted by atomic mass is 16.6. The molecule has 71 heavy (non-hydrogen) atoms. The number of hydrogen-bond acceptors (Lipinski definition) is 6. The van der Waals surface area contributed by atoms with Gasteiger partial charge in [-0.2, -0.15) is 0 Å². The van der Waals surface area contributed by atoms with Crippen LogP contribution in [0.4, 0.5) is 0 Å². The standard InChI is InChI=1S/C65H114O6/c1-4-7-10-13-15-17-19-21-23-25-26-27-28-29-30-31-32-33-34-35-36-37-38-40-41-43-45-47-49-52-55-58-64(67)70-61-62(60-69-63(66)57-54-51-12-9-6-3)71-65(68)59-56-53-50-48-46-44-42-39-24-22-20-18-16-14-11-8-5-2/h8,11,16,18-19,21-22,24-26,42,44,62H,4-7,9-10,12-15,17,20,23,27-41,43,45-61H2,1-3H3/b11-8-,18-16-,21-19-,24-22-,26-25-,44-42-. The molecule has 0 aliphatic carbocycles. The van der Waals surface area contributed by atoms with Crippen LogP contribution >= 0.6 is 0 Å². The van der Waals surface area contributed by atoms with Crippen molar-refractivity contribution in [1.29, 1.82) is 0 Å². The third-order valence-electron chi connectivity index (χ3n) is 13.2. The Bertz CT molecular complexity index is 1320. The summed E-state index contributed by atoms with van der Waals surface area (Å²) in [5, 5.41) is 0. The van der Waals surface area contributed by atoms with Gasteiger partial charge in [-0.1, -0.05) is 267 Å². The Morgan fingerprint density at radius 3 is 0.859 bits per heavy atom. The van der Waals surface area contributed by atoms with Crippen LogP contribution in [0.25, 0.3) is 0 Å². The van der Waals surface area contributed by atoms with Crippen LogP contribution in [-0.4, -0.2) is 37.2 Å². The van der Waals surface area contributed by atoms with Gasteiger partial charge in [0.2, 0.25) is 0 Å². The Hall–Kier alpha value is -3.15. The summed E-state index contributed by atoms with van der Waals surface area (Å²) in [6, 6.07) is 0. The monoisotopic (exact) mass is 991 g/mol. The van der Waals surface area contributed by atoms with E-state index in [4.69, 9.17) is 14.2 Å². The first kappa shape index (κ1) is 67.8. The first-order chi connectivity index (χ1) is 35.0. The maximum atomic E-state index is 12.8. The fourth-order valence-electron chi connectivity index (χ4n) is 8.64. The zero-order valence-electron chi connectivity index (χ0n) is 47.0. The fraction of sp³-hybridized carbons (Fsp3) is 0.769. The molecule has 0 heterocycles. The first-order valence-corrected chi connectivity index (χ1v) is 30.4. The summed E-state index contributed by atoms with van der Waals surface area (Å²) in [4.78, 5) is 37.8. The quantitative estimate of drug-likeness (QED) is 0.0261. The molecule has 0 aromatic rings. The van der Waals surface area contributed by atoms with E-state index in [9.17, 15) is 14.4 Å². The molecule has 0 saturated heterocycles. The summed E-state index contributed by atoms with van der Waals surface area (Å²) in [6.45, 7) is 6.43. The topological polar surface area (TPSA) is 78.9 Å². The van der Waals surface area contributed by atoms with Crippen LogP contribution in [0.5, 0.6) is 0 Å². The molecule has 0 saturated carbocycles. The molecule has 6 heteroatoms. The predicted molar refractivity (Wildman–Crippen MR) is 307 cm³/mol. The van der Waals surface area contributed by atoms with Crippen molar-refractivity contribution < 1.29 is 28.6 Å². The summed E-state index contributed by atoms with van der Waals surface area (Å²) < 4.78 is 16.7. The Balaban J connectivity index is 3.98. The molecular formula is C65H114O6. The predicted octanol–water partition coefficient (Wildman–Crippen LogP) is 20.5. The molecule has 0 fully saturated rings. The van der Waals surface area contributed by atoms with E-state index in [0.29, 0.717) is 19.3 Å². The molecule has 0 spiro atoms.